The van der Waals surface area contributed by atoms with Gasteiger partial charge in [0.1, 0.15) is 11.9 Å². The van der Waals surface area contributed by atoms with E-state index >= 15 is 4.79 Å². The first-order chi connectivity index (χ1) is 22.0. The summed E-state index contributed by atoms with van der Waals surface area (Å²) in [7, 11) is 0. The summed E-state index contributed by atoms with van der Waals surface area (Å²) in [5, 5.41) is 10.5. The minimum Gasteiger partial charge on any atom is -0.481 e. The number of fused-ring (bicyclic) bond motifs is 5. The van der Waals surface area contributed by atoms with Crippen LogP contribution >= 0.6 is 0 Å². The number of esters is 1. The molecule has 0 unspecified atom stereocenters. The zero-order chi connectivity index (χ0) is 33.8. The van der Waals surface area contributed by atoms with Crippen molar-refractivity contribution in [2.45, 2.75) is 157 Å². The second-order valence-electron chi connectivity index (χ2n) is 19.3. The Balaban J connectivity index is 1.14. The maximum atomic E-state index is 15.3. The SMILES string of the molecule is C=C1CC[C@@H]2C(C)(C)CCC[C@@]2(C)[C@@H]1CCC1=CC[C@]2(CC1)C(=O)[C@]13C[C@H]2CC[C@H]1[C@]1(C)CCC[C@@](C)(C(=O)O)[C@H]1C[C@@H]3OC(C)=O. The molecule has 0 aromatic carbocycles. The predicted molar refractivity (Wildman–Crippen MR) is 184 cm³/mol. The Bertz CT molecular complexity index is 1390. The number of hydrogen-bond donors (Lipinski definition) is 1. The van der Waals surface area contributed by atoms with Crippen molar-refractivity contribution in [3.05, 3.63) is 23.8 Å². The van der Waals surface area contributed by atoms with Crippen LogP contribution in [0.3, 0.4) is 0 Å². The molecular weight excluding hydrogens is 584 g/mol. The van der Waals surface area contributed by atoms with Crippen LogP contribution in [0.25, 0.3) is 0 Å². The van der Waals surface area contributed by atoms with Gasteiger partial charge >= 0.3 is 11.9 Å². The van der Waals surface area contributed by atoms with Gasteiger partial charge in [0.2, 0.25) is 0 Å². The van der Waals surface area contributed by atoms with Crippen LogP contribution in [0.1, 0.15) is 151 Å². The van der Waals surface area contributed by atoms with E-state index in [1.165, 1.54) is 56.6 Å². The summed E-state index contributed by atoms with van der Waals surface area (Å²) >= 11 is 0. The molecule has 7 aliphatic rings. The Morgan fingerprint density at radius 2 is 1.64 bits per heavy atom. The van der Waals surface area contributed by atoms with Crippen LogP contribution in [0, 0.1) is 62.1 Å². The zero-order valence-electron chi connectivity index (χ0n) is 30.3. The van der Waals surface area contributed by atoms with Gasteiger partial charge in [-0.15, -0.1) is 0 Å². The third kappa shape index (κ3) is 4.62. The minimum atomic E-state index is -0.861. The van der Waals surface area contributed by atoms with Gasteiger partial charge in [0.15, 0.2) is 0 Å². The predicted octanol–water partition coefficient (Wildman–Crippen LogP) is 9.88. The highest BCUT2D eigenvalue weighted by Gasteiger charge is 2.76. The van der Waals surface area contributed by atoms with Crippen molar-refractivity contribution in [2.75, 3.05) is 0 Å². The number of aliphatic carboxylic acids is 1. The Morgan fingerprint density at radius 3 is 2.32 bits per heavy atom. The summed E-state index contributed by atoms with van der Waals surface area (Å²) < 4.78 is 6.18. The number of carbonyl (C=O) groups excluding carboxylic acids is 2. The molecule has 260 valence electrons. The molecule has 6 saturated carbocycles. The third-order valence-electron chi connectivity index (χ3n) is 17.0. The molecule has 5 nitrogen and oxygen atoms in total. The van der Waals surface area contributed by atoms with Crippen molar-refractivity contribution >= 4 is 17.7 Å². The molecule has 0 aromatic rings. The number of allylic oxidation sites excluding steroid dienone is 3. The molecule has 2 bridgehead atoms. The lowest BCUT2D eigenvalue weighted by atomic mass is 9.40. The summed E-state index contributed by atoms with van der Waals surface area (Å²) in [5.74, 6) is 0.903. The Kier molecular flexibility index (Phi) is 7.89. The molecule has 7 rings (SSSR count). The van der Waals surface area contributed by atoms with Crippen molar-refractivity contribution < 1.29 is 24.2 Å². The van der Waals surface area contributed by atoms with Crippen molar-refractivity contribution in [2.24, 2.45) is 62.1 Å². The highest BCUT2D eigenvalue weighted by molar-refractivity contribution is 5.95. The monoisotopic (exact) mass is 646 g/mol. The van der Waals surface area contributed by atoms with Crippen molar-refractivity contribution in [1.82, 2.24) is 0 Å². The summed E-state index contributed by atoms with van der Waals surface area (Å²) in [5.41, 5.74) is 1.60. The van der Waals surface area contributed by atoms with Crippen molar-refractivity contribution in [3.63, 3.8) is 0 Å². The maximum absolute atomic E-state index is 15.3. The second-order valence-corrected chi connectivity index (χ2v) is 19.3. The second kappa shape index (κ2) is 11.0. The van der Waals surface area contributed by atoms with E-state index in [9.17, 15) is 14.7 Å². The number of carboxylic acids is 1. The van der Waals surface area contributed by atoms with Crippen LogP contribution in [0.15, 0.2) is 23.8 Å². The quantitative estimate of drug-likeness (QED) is 0.238. The normalized spacial score (nSPS) is 48.6. The first-order valence-corrected chi connectivity index (χ1v) is 19.4. The van der Waals surface area contributed by atoms with E-state index < -0.39 is 22.9 Å². The molecule has 47 heavy (non-hydrogen) atoms. The number of Topliss-reactive ketones (excluding diaryl/α,β-unsaturated/α-hetero) is 1. The third-order valence-corrected chi connectivity index (χ3v) is 17.0. The molecule has 6 fully saturated rings. The number of carboxylic acid groups (broad SMARTS) is 1. The largest absolute Gasteiger partial charge is 0.481 e. The van der Waals surface area contributed by atoms with Crippen molar-refractivity contribution in [3.8, 4) is 0 Å². The van der Waals surface area contributed by atoms with Gasteiger partial charge in [0, 0.05) is 12.3 Å². The molecule has 0 aromatic heterocycles. The lowest BCUT2D eigenvalue weighted by Gasteiger charge is -2.64. The number of rotatable bonds is 5. The average molecular weight is 647 g/mol. The van der Waals surface area contributed by atoms with Crippen molar-refractivity contribution in [1.29, 1.82) is 0 Å². The van der Waals surface area contributed by atoms with Crippen LogP contribution in [-0.2, 0) is 19.1 Å². The molecule has 7 aliphatic carbocycles. The molecular formula is C42H62O5. The molecule has 2 spiro atoms. The van der Waals surface area contributed by atoms with E-state index in [1.54, 1.807) is 0 Å². The fourth-order valence-corrected chi connectivity index (χ4v) is 14.8. The van der Waals surface area contributed by atoms with Crippen LogP contribution in [-0.4, -0.2) is 28.9 Å². The van der Waals surface area contributed by atoms with Crippen LogP contribution < -0.4 is 0 Å². The van der Waals surface area contributed by atoms with Gasteiger partial charge in [-0.25, -0.2) is 0 Å². The van der Waals surface area contributed by atoms with Gasteiger partial charge in [-0.3, -0.25) is 14.4 Å². The minimum absolute atomic E-state index is 0.0660. The van der Waals surface area contributed by atoms with E-state index in [-0.39, 0.29) is 28.6 Å². The first kappa shape index (κ1) is 33.6. The van der Waals surface area contributed by atoms with Gasteiger partial charge in [-0.1, -0.05) is 64.3 Å². The van der Waals surface area contributed by atoms with E-state index in [1.807, 2.05) is 6.92 Å². The van der Waals surface area contributed by atoms with E-state index in [2.05, 4.69) is 40.3 Å². The Hall–Kier alpha value is -1.91. The standard InChI is InChI=1S/C42H62O5/c1-26-10-14-31-37(3,4)18-8-19-38(31,5)30(26)13-11-28-16-22-41(23-17-28)29-12-15-32-39(6)20-9-21-40(7,36(45)46)33(39)24-34(47-27(2)43)42(32,25-29)35(41)44/h16,29-34H,1,8-15,17-25H2,2-7H3,(H,45,46)/t29-,30-,31-,32+,33+,34+,38+,39+,40-,41-,42-/m1/s1. The Labute approximate surface area is 284 Å². The van der Waals surface area contributed by atoms with Gasteiger partial charge < -0.3 is 9.84 Å². The Morgan fingerprint density at radius 1 is 0.915 bits per heavy atom. The lowest BCUT2D eigenvalue weighted by Crippen LogP contribution is -2.65. The lowest BCUT2D eigenvalue weighted by molar-refractivity contribution is -0.216. The summed E-state index contributed by atoms with van der Waals surface area (Å²) in [6.45, 7) is 17.9. The highest BCUT2D eigenvalue weighted by Crippen LogP contribution is 2.75. The van der Waals surface area contributed by atoms with E-state index in [4.69, 9.17) is 4.74 Å². The number of carbonyl (C=O) groups is 3. The fraction of sp³-hybridized carbons (Fsp3) is 0.833. The first-order valence-electron chi connectivity index (χ1n) is 19.4. The molecule has 11 atom stereocenters. The molecule has 0 heterocycles. The fourth-order valence-electron chi connectivity index (χ4n) is 14.8. The van der Waals surface area contributed by atoms with Gasteiger partial charge in [-0.2, -0.15) is 0 Å². The summed E-state index contributed by atoms with van der Waals surface area (Å²) in [6, 6.07) is 0. The topological polar surface area (TPSA) is 80.7 Å². The van der Waals surface area contributed by atoms with E-state index in [0.717, 1.165) is 63.7 Å². The van der Waals surface area contributed by atoms with Crippen LogP contribution in [0.4, 0.5) is 0 Å². The molecule has 0 aliphatic heterocycles. The van der Waals surface area contributed by atoms with Gasteiger partial charge in [0.25, 0.3) is 0 Å². The number of ether oxygens (including phenoxy) is 1. The molecule has 5 heteroatoms. The number of hydrogen-bond acceptors (Lipinski definition) is 4. The zero-order valence-corrected chi connectivity index (χ0v) is 30.3. The highest BCUT2D eigenvalue weighted by atomic mass is 16.5. The summed E-state index contributed by atoms with van der Waals surface area (Å²) in [4.78, 5) is 40.7. The summed E-state index contributed by atoms with van der Waals surface area (Å²) in [6.07, 6.45) is 19.1. The maximum Gasteiger partial charge on any atom is 0.309 e. The van der Waals surface area contributed by atoms with Crippen LogP contribution in [0.5, 0.6) is 0 Å². The van der Waals surface area contributed by atoms with Gasteiger partial charge in [0.05, 0.1) is 10.8 Å². The number of ketones is 1. The molecule has 0 amide bonds. The van der Waals surface area contributed by atoms with Crippen LogP contribution in [0.2, 0.25) is 0 Å². The molecule has 0 radical (unpaired) electrons. The van der Waals surface area contributed by atoms with Gasteiger partial charge in [-0.05, 0) is 149 Å². The molecule has 1 N–H and O–H groups in total. The van der Waals surface area contributed by atoms with E-state index in [0.29, 0.717) is 41.3 Å². The average Bonchev–Trinajstić information content (AvgIpc) is 3.16. The smallest absolute Gasteiger partial charge is 0.309 e. The molecule has 0 saturated heterocycles.